The van der Waals surface area contributed by atoms with Gasteiger partial charge in [-0.05, 0) is 43.0 Å². The van der Waals surface area contributed by atoms with E-state index in [-0.39, 0.29) is 17.3 Å². The Hall–Kier alpha value is -5.06. The van der Waals surface area contributed by atoms with Gasteiger partial charge in [-0.3, -0.25) is 0 Å². The number of nitriles is 1. The number of piperidine rings is 1. The molecule has 1 aromatic carbocycles. The van der Waals surface area contributed by atoms with E-state index in [1.165, 1.54) is 12.3 Å². The molecule has 6 heterocycles. The fourth-order valence-electron chi connectivity index (χ4n) is 6.66. The highest BCUT2D eigenvalue weighted by Crippen LogP contribution is 2.49. The van der Waals surface area contributed by atoms with Crippen LogP contribution in [0.5, 0.6) is 0 Å². The van der Waals surface area contributed by atoms with Gasteiger partial charge in [0.15, 0.2) is 5.69 Å². The van der Waals surface area contributed by atoms with E-state index >= 15 is 0 Å². The second kappa shape index (κ2) is 10.0. The molecule has 0 saturated carbocycles. The number of anilines is 2. The van der Waals surface area contributed by atoms with Gasteiger partial charge in [0.2, 0.25) is 0 Å². The molecule has 1 fully saturated rings. The predicted octanol–water partition coefficient (Wildman–Crippen LogP) is 4.54. The number of hydrogen-bond donors (Lipinski definition) is 0. The van der Waals surface area contributed by atoms with Crippen molar-refractivity contribution >= 4 is 34.1 Å². The second-order valence-corrected chi connectivity index (χ2v) is 11.5. The number of pyridine rings is 1. The summed E-state index contributed by atoms with van der Waals surface area (Å²) < 4.78 is 47.8. The first kappa shape index (κ1) is 27.8. The third-order valence-corrected chi connectivity index (χ3v) is 8.93. The van der Waals surface area contributed by atoms with Crippen LogP contribution in [0.2, 0.25) is 0 Å². The van der Waals surface area contributed by atoms with Crippen LogP contribution in [-0.4, -0.2) is 79.6 Å². The number of likely N-dealkylation sites (N-methyl/N-ethyl adjacent to an activating group) is 1. The van der Waals surface area contributed by atoms with Crippen LogP contribution in [0.4, 0.5) is 29.5 Å². The largest absolute Gasteiger partial charge is 0.417 e. The Bertz CT molecular complexity index is 1970. The maximum Gasteiger partial charge on any atom is 0.417 e. The molecule has 7 rings (SSSR count). The molecule has 44 heavy (non-hydrogen) atoms. The molecule has 0 radical (unpaired) electrons. The number of rotatable bonds is 2. The number of nitrogens with zero attached hydrogens (tertiary/aromatic N) is 10. The fourth-order valence-corrected chi connectivity index (χ4v) is 6.66. The van der Waals surface area contributed by atoms with Gasteiger partial charge < -0.3 is 23.7 Å². The van der Waals surface area contributed by atoms with E-state index in [2.05, 4.69) is 26.1 Å². The maximum absolute atomic E-state index is 14.7. The van der Waals surface area contributed by atoms with Crippen molar-refractivity contribution in [3.8, 4) is 17.2 Å². The van der Waals surface area contributed by atoms with Crippen LogP contribution in [0.1, 0.15) is 29.7 Å². The number of imidazole rings is 1. The lowest BCUT2D eigenvalue weighted by Crippen LogP contribution is -2.47. The standard InChI is InChI=1S/C30H29F3N10O/c1-38-10-6-18-13-24(41-11-7-20(8-12-41)40(3)29(44)43-36-16-19(15-34)37-43)42-9-4-5-21(27(18)42)25-22(30(31,32)33)14-23-26(28(25)38)35-17-39(23)2/h4-5,9,13-14,16-17,20H,6-8,10-12H2,1-3H3. The summed E-state index contributed by atoms with van der Waals surface area (Å²) in [6.07, 6.45) is 2.16. The molecule has 4 aromatic heterocycles. The lowest BCUT2D eigenvalue weighted by Gasteiger charge is -2.37. The summed E-state index contributed by atoms with van der Waals surface area (Å²) in [6, 6.07) is 8.29. The van der Waals surface area contributed by atoms with Crippen molar-refractivity contribution in [1.82, 2.24) is 33.8 Å². The van der Waals surface area contributed by atoms with Crippen LogP contribution in [0.25, 0.3) is 27.7 Å². The number of fused-ring (bicyclic) bond motifs is 4. The molecule has 11 nitrogen and oxygen atoms in total. The summed E-state index contributed by atoms with van der Waals surface area (Å²) in [5.74, 6) is 0.912. The van der Waals surface area contributed by atoms with E-state index < -0.39 is 17.8 Å². The Morgan fingerprint density at radius 1 is 1.16 bits per heavy atom. The number of benzene rings is 1. The Morgan fingerprint density at radius 2 is 1.93 bits per heavy atom. The molecule has 1 amide bonds. The third kappa shape index (κ3) is 4.25. The smallest absolute Gasteiger partial charge is 0.372 e. The minimum Gasteiger partial charge on any atom is -0.372 e. The lowest BCUT2D eigenvalue weighted by atomic mass is 9.92. The number of carbonyl (C=O) groups is 1. The van der Waals surface area contributed by atoms with Gasteiger partial charge in [0.25, 0.3) is 0 Å². The monoisotopic (exact) mass is 602 g/mol. The summed E-state index contributed by atoms with van der Waals surface area (Å²) in [5.41, 5.74) is 3.28. The van der Waals surface area contributed by atoms with Gasteiger partial charge in [0.05, 0.1) is 34.8 Å². The first-order valence-corrected chi connectivity index (χ1v) is 14.3. The Labute approximate surface area is 250 Å². The lowest BCUT2D eigenvalue weighted by molar-refractivity contribution is -0.137. The van der Waals surface area contributed by atoms with Gasteiger partial charge in [0.1, 0.15) is 17.4 Å². The number of aryl methyl sites for hydroxylation is 1. The average Bonchev–Trinajstić information content (AvgIpc) is 3.74. The zero-order chi connectivity index (χ0) is 30.9. The number of alkyl halides is 3. The zero-order valence-corrected chi connectivity index (χ0v) is 24.4. The van der Waals surface area contributed by atoms with Crippen molar-refractivity contribution in [1.29, 1.82) is 5.26 Å². The van der Waals surface area contributed by atoms with E-state index in [1.807, 2.05) is 28.6 Å². The van der Waals surface area contributed by atoms with Crippen LogP contribution in [-0.2, 0) is 19.6 Å². The molecule has 2 aliphatic heterocycles. The first-order valence-electron chi connectivity index (χ1n) is 14.3. The number of hydrogen-bond acceptors (Lipinski definition) is 7. The van der Waals surface area contributed by atoms with Gasteiger partial charge >= 0.3 is 12.2 Å². The van der Waals surface area contributed by atoms with E-state index in [1.54, 1.807) is 42.0 Å². The van der Waals surface area contributed by atoms with Crippen molar-refractivity contribution in [2.45, 2.75) is 31.5 Å². The third-order valence-electron chi connectivity index (χ3n) is 8.93. The second-order valence-electron chi connectivity index (χ2n) is 11.5. The van der Waals surface area contributed by atoms with Gasteiger partial charge in [-0.1, -0.05) is 10.9 Å². The Morgan fingerprint density at radius 3 is 2.64 bits per heavy atom. The fraction of sp³-hybridized carbons (Fsp3) is 0.367. The molecule has 2 aliphatic rings. The normalized spacial score (nSPS) is 15.8. The van der Waals surface area contributed by atoms with Gasteiger partial charge in [-0.25, -0.2) is 9.78 Å². The summed E-state index contributed by atoms with van der Waals surface area (Å²) >= 11 is 0. The van der Waals surface area contributed by atoms with Crippen LogP contribution >= 0.6 is 0 Å². The molecule has 226 valence electrons. The maximum atomic E-state index is 14.7. The quantitative estimate of drug-likeness (QED) is 0.292. The molecule has 0 N–H and O–H groups in total. The van der Waals surface area contributed by atoms with Gasteiger partial charge in [-0.2, -0.15) is 23.5 Å². The average molecular weight is 603 g/mol. The van der Waals surface area contributed by atoms with Gasteiger partial charge in [0, 0.05) is 64.1 Å². The molecule has 0 bridgehead atoms. The van der Waals surface area contributed by atoms with Crippen LogP contribution in [0.15, 0.2) is 43.0 Å². The molecule has 0 aliphatic carbocycles. The van der Waals surface area contributed by atoms with Crippen molar-refractivity contribution in [3.05, 3.63) is 59.8 Å². The molecule has 0 spiro atoms. The van der Waals surface area contributed by atoms with Crippen molar-refractivity contribution < 1.29 is 18.0 Å². The molecular formula is C30H29F3N10O. The Kier molecular flexibility index (Phi) is 6.31. The predicted molar refractivity (Wildman–Crippen MR) is 158 cm³/mol. The number of aromatic nitrogens is 6. The molecule has 0 atom stereocenters. The minimum absolute atomic E-state index is 0.0609. The molecule has 0 unspecified atom stereocenters. The van der Waals surface area contributed by atoms with Crippen molar-refractivity contribution in [3.63, 3.8) is 0 Å². The molecule has 14 heteroatoms. The molecule has 1 saturated heterocycles. The highest BCUT2D eigenvalue weighted by molar-refractivity contribution is 6.04. The van der Waals surface area contributed by atoms with Crippen LogP contribution in [0.3, 0.4) is 0 Å². The summed E-state index contributed by atoms with van der Waals surface area (Å²) in [5, 5.41) is 16.8. The Balaban J connectivity index is 1.27. The first-order chi connectivity index (χ1) is 21.1. The number of amides is 1. The van der Waals surface area contributed by atoms with Crippen LogP contribution in [0, 0.1) is 11.3 Å². The highest BCUT2D eigenvalue weighted by Gasteiger charge is 2.39. The SMILES string of the molecule is CN1CCc2cc(N3CCC(N(C)C(=O)n4ncc(C#N)n4)CC3)n3cccc(c23)-c2c(C(F)(F)F)cc3c(ncn3C)c21. The topological polar surface area (TPSA) is 104 Å². The molecule has 5 aromatic rings. The number of carbonyl (C=O) groups excluding carboxylic acids is 1. The van der Waals surface area contributed by atoms with E-state index in [4.69, 9.17) is 5.26 Å². The highest BCUT2D eigenvalue weighted by atomic mass is 19.4. The minimum atomic E-state index is -4.57. The van der Waals surface area contributed by atoms with E-state index in [0.29, 0.717) is 61.2 Å². The van der Waals surface area contributed by atoms with Crippen LogP contribution < -0.4 is 9.80 Å². The van der Waals surface area contributed by atoms with E-state index in [0.717, 1.165) is 21.7 Å². The molecular weight excluding hydrogens is 573 g/mol. The summed E-state index contributed by atoms with van der Waals surface area (Å²) in [6.45, 7) is 1.82. The van der Waals surface area contributed by atoms with Gasteiger partial charge in [-0.15, -0.1) is 5.10 Å². The summed E-state index contributed by atoms with van der Waals surface area (Å²) in [7, 11) is 5.24. The van der Waals surface area contributed by atoms with E-state index in [9.17, 15) is 18.0 Å². The van der Waals surface area contributed by atoms with Crippen molar-refractivity contribution in [2.24, 2.45) is 7.05 Å². The summed E-state index contributed by atoms with van der Waals surface area (Å²) in [4.78, 5) is 24.1. The van der Waals surface area contributed by atoms with Crippen molar-refractivity contribution in [2.75, 3.05) is 43.5 Å². The zero-order valence-electron chi connectivity index (χ0n) is 24.4. The number of halogens is 3.